The molecule has 4 nitrogen and oxygen atoms in total. The van der Waals surface area contributed by atoms with E-state index in [9.17, 15) is 0 Å². The molecule has 1 heterocycles. The van der Waals surface area contributed by atoms with Gasteiger partial charge < -0.3 is 10.3 Å². The molecule has 0 bridgehead atoms. The summed E-state index contributed by atoms with van der Waals surface area (Å²) in [5.74, 6) is 1.37. The van der Waals surface area contributed by atoms with E-state index in [0.29, 0.717) is 11.7 Å². The predicted molar refractivity (Wildman–Crippen MR) is 57.3 cm³/mol. The van der Waals surface area contributed by atoms with E-state index in [1.165, 1.54) is 5.56 Å². The van der Waals surface area contributed by atoms with Crippen LogP contribution in [0.3, 0.4) is 0 Å². The Bertz CT molecular complexity index is 433. The van der Waals surface area contributed by atoms with Crippen LogP contribution in [0.1, 0.15) is 17.3 Å². The molecule has 2 N–H and O–H groups in total. The highest BCUT2D eigenvalue weighted by molar-refractivity contribution is 5.39. The highest BCUT2D eigenvalue weighted by Gasteiger charge is 2.02. The zero-order valence-corrected chi connectivity index (χ0v) is 8.60. The van der Waals surface area contributed by atoms with E-state index in [0.717, 1.165) is 18.5 Å². The fourth-order valence-electron chi connectivity index (χ4n) is 1.38. The van der Waals surface area contributed by atoms with Gasteiger partial charge in [-0.3, -0.25) is 0 Å². The number of rotatable bonds is 3. The van der Waals surface area contributed by atoms with Gasteiger partial charge in [0, 0.05) is 12.1 Å². The average molecular weight is 203 g/mol. The van der Waals surface area contributed by atoms with Crippen molar-refractivity contribution in [3.05, 3.63) is 41.5 Å². The summed E-state index contributed by atoms with van der Waals surface area (Å²) in [6.07, 6.45) is 1.66. The summed E-state index contributed by atoms with van der Waals surface area (Å²) in [5, 5.41) is 3.74. The Hall–Kier alpha value is -1.84. The molecule has 78 valence electrons. The van der Waals surface area contributed by atoms with Crippen molar-refractivity contribution in [2.75, 3.05) is 5.73 Å². The molecular weight excluding hydrogens is 190 g/mol. The molecule has 0 atom stereocenters. The number of nitrogens with zero attached hydrogens (tertiary/aromatic N) is 2. The number of hydrogen-bond donors (Lipinski definition) is 1. The first-order valence-corrected chi connectivity index (χ1v) is 4.87. The maximum Gasteiger partial charge on any atom is 0.226 e. The van der Waals surface area contributed by atoms with Crippen molar-refractivity contribution in [1.82, 2.24) is 10.1 Å². The number of hydrogen-bond acceptors (Lipinski definition) is 4. The minimum Gasteiger partial charge on any atom is -0.399 e. The van der Waals surface area contributed by atoms with E-state index in [-0.39, 0.29) is 0 Å². The first-order valence-electron chi connectivity index (χ1n) is 4.87. The summed E-state index contributed by atoms with van der Waals surface area (Å²) in [6, 6.07) is 7.82. The zero-order chi connectivity index (χ0) is 10.7. The average Bonchev–Trinajstić information content (AvgIpc) is 2.64. The Balaban J connectivity index is 1.96. The molecule has 0 fully saturated rings. The lowest BCUT2D eigenvalue weighted by Crippen LogP contribution is -1.92. The van der Waals surface area contributed by atoms with Gasteiger partial charge in [0.15, 0.2) is 5.82 Å². The van der Waals surface area contributed by atoms with Crippen molar-refractivity contribution in [2.45, 2.75) is 19.8 Å². The second-order valence-electron chi connectivity index (χ2n) is 3.48. The van der Waals surface area contributed by atoms with E-state index in [1.54, 1.807) is 0 Å². The van der Waals surface area contributed by atoms with Gasteiger partial charge in [-0.2, -0.15) is 4.98 Å². The lowest BCUT2D eigenvalue weighted by molar-refractivity contribution is 0.375. The summed E-state index contributed by atoms with van der Waals surface area (Å²) >= 11 is 0. The topological polar surface area (TPSA) is 64.9 Å². The third-order valence-electron chi connectivity index (χ3n) is 2.18. The summed E-state index contributed by atoms with van der Waals surface area (Å²) < 4.78 is 5.02. The van der Waals surface area contributed by atoms with E-state index in [2.05, 4.69) is 10.1 Å². The van der Waals surface area contributed by atoms with Crippen molar-refractivity contribution in [1.29, 1.82) is 0 Å². The molecule has 2 rings (SSSR count). The van der Waals surface area contributed by atoms with Gasteiger partial charge in [-0.1, -0.05) is 17.3 Å². The number of aryl methyl sites for hydroxylation is 3. The molecule has 1 aromatic heterocycles. The monoisotopic (exact) mass is 203 g/mol. The summed E-state index contributed by atoms with van der Waals surface area (Å²) in [6.45, 7) is 1.82. The second-order valence-corrected chi connectivity index (χ2v) is 3.48. The standard InChI is InChI=1S/C11H13N3O/c1-8-13-11(15-14-8)7-4-9-2-5-10(12)6-3-9/h2-3,5-6H,4,7,12H2,1H3. The van der Waals surface area contributed by atoms with Gasteiger partial charge in [0.25, 0.3) is 0 Å². The van der Waals surface area contributed by atoms with Gasteiger partial charge in [-0.15, -0.1) is 0 Å². The first-order chi connectivity index (χ1) is 7.24. The van der Waals surface area contributed by atoms with Crippen molar-refractivity contribution < 1.29 is 4.52 Å². The van der Waals surface area contributed by atoms with Crippen molar-refractivity contribution in [3.63, 3.8) is 0 Å². The van der Waals surface area contributed by atoms with Crippen LogP contribution in [0.4, 0.5) is 5.69 Å². The van der Waals surface area contributed by atoms with Crippen LogP contribution >= 0.6 is 0 Å². The van der Waals surface area contributed by atoms with Crippen LogP contribution in [0.15, 0.2) is 28.8 Å². The Morgan fingerprint density at radius 2 is 1.93 bits per heavy atom. The van der Waals surface area contributed by atoms with Gasteiger partial charge in [0.1, 0.15) is 0 Å². The highest BCUT2D eigenvalue weighted by Crippen LogP contribution is 2.08. The molecule has 0 saturated carbocycles. The molecule has 0 spiro atoms. The zero-order valence-electron chi connectivity index (χ0n) is 8.60. The Morgan fingerprint density at radius 3 is 2.53 bits per heavy atom. The number of anilines is 1. The number of nitrogen functional groups attached to an aromatic ring is 1. The maximum absolute atomic E-state index is 5.60. The van der Waals surface area contributed by atoms with Crippen LogP contribution in [-0.4, -0.2) is 10.1 Å². The van der Waals surface area contributed by atoms with Gasteiger partial charge >= 0.3 is 0 Å². The van der Waals surface area contributed by atoms with Crippen LogP contribution in [0, 0.1) is 6.92 Å². The normalized spacial score (nSPS) is 10.5. The molecule has 4 heteroatoms. The van der Waals surface area contributed by atoms with E-state index >= 15 is 0 Å². The van der Waals surface area contributed by atoms with Crippen molar-refractivity contribution in [2.24, 2.45) is 0 Å². The SMILES string of the molecule is Cc1noc(CCc2ccc(N)cc2)n1. The molecule has 0 amide bonds. The Labute approximate surface area is 88.1 Å². The molecule has 0 aliphatic heterocycles. The van der Waals surface area contributed by atoms with Crippen LogP contribution in [0.5, 0.6) is 0 Å². The molecule has 15 heavy (non-hydrogen) atoms. The molecule has 2 aromatic rings. The molecule has 0 aliphatic carbocycles. The van der Waals surface area contributed by atoms with Crippen molar-refractivity contribution in [3.8, 4) is 0 Å². The first kappa shape index (κ1) is 9.71. The van der Waals surface area contributed by atoms with Crippen LogP contribution in [0.2, 0.25) is 0 Å². The van der Waals surface area contributed by atoms with Gasteiger partial charge in [-0.25, -0.2) is 0 Å². The quantitative estimate of drug-likeness (QED) is 0.772. The lowest BCUT2D eigenvalue weighted by atomic mass is 10.1. The molecule has 0 saturated heterocycles. The van der Waals surface area contributed by atoms with Crippen LogP contribution in [0.25, 0.3) is 0 Å². The van der Waals surface area contributed by atoms with Crippen LogP contribution in [-0.2, 0) is 12.8 Å². The smallest absolute Gasteiger partial charge is 0.226 e. The fraction of sp³-hybridized carbons (Fsp3) is 0.273. The summed E-state index contributed by atoms with van der Waals surface area (Å²) in [4.78, 5) is 4.14. The van der Waals surface area contributed by atoms with Gasteiger partial charge in [-0.05, 0) is 31.0 Å². The van der Waals surface area contributed by atoms with E-state index < -0.39 is 0 Å². The molecular formula is C11H13N3O. The maximum atomic E-state index is 5.60. The fourth-order valence-corrected chi connectivity index (χ4v) is 1.38. The third kappa shape index (κ3) is 2.56. The number of benzene rings is 1. The summed E-state index contributed by atoms with van der Waals surface area (Å²) in [5.41, 5.74) is 7.60. The van der Waals surface area contributed by atoms with E-state index in [1.807, 2.05) is 31.2 Å². The number of nitrogens with two attached hydrogens (primary N) is 1. The minimum atomic E-state index is 0.683. The minimum absolute atomic E-state index is 0.683. The van der Waals surface area contributed by atoms with Gasteiger partial charge in [0.2, 0.25) is 5.89 Å². The largest absolute Gasteiger partial charge is 0.399 e. The highest BCUT2D eigenvalue weighted by atomic mass is 16.5. The third-order valence-corrected chi connectivity index (χ3v) is 2.18. The second kappa shape index (κ2) is 4.13. The molecule has 0 aliphatic rings. The Kier molecular flexibility index (Phi) is 2.67. The lowest BCUT2D eigenvalue weighted by Gasteiger charge is -1.98. The van der Waals surface area contributed by atoms with Crippen LogP contribution < -0.4 is 5.73 Å². The molecule has 0 radical (unpaired) electrons. The number of aromatic nitrogens is 2. The Morgan fingerprint density at radius 1 is 1.20 bits per heavy atom. The van der Waals surface area contributed by atoms with Gasteiger partial charge in [0.05, 0.1) is 0 Å². The molecule has 0 unspecified atom stereocenters. The predicted octanol–water partition coefficient (Wildman–Crippen LogP) is 1.75. The summed E-state index contributed by atoms with van der Waals surface area (Å²) in [7, 11) is 0. The van der Waals surface area contributed by atoms with Crippen molar-refractivity contribution >= 4 is 5.69 Å². The van der Waals surface area contributed by atoms with E-state index in [4.69, 9.17) is 10.3 Å². The molecule has 1 aromatic carbocycles.